The van der Waals surface area contributed by atoms with Gasteiger partial charge in [-0.2, -0.15) is 0 Å². The Kier molecular flexibility index (Phi) is 3.79. The van der Waals surface area contributed by atoms with Gasteiger partial charge in [0.05, 0.1) is 10.9 Å². The van der Waals surface area contributed by atoms with Crippen molar-refractivity contribution in [1.82, 2.24) is 9.88 Å². The van der Waals surface area contributed by atoms with Crippen molar-refractivity contribution >= 4 is 17.7 Å². The molecule has 0 aliphatic carbocycles. The van der Waals surface area contributed by atoms with E-state index in [1.165, 1.54) is 11.8 Å². The van der Waals surface area contributed by atoms with E-state index in [2.05, 4.69) is 4.98 Å². The van der Waals surface area contributed by atoms with E-state index >= 15 is 0 Å². The second-order valence-electron chi connectivity index (χ2n) is 3.61. The Morgan fingerprint density at radius 3 is 2.47 bits per heavy atom. The molecule has 0 N–H and O–H groups in total. The van der Waals surface area contributed by atoms with Gasteiger partial charge in [0.15, 0.2) is 0 Å². The molecule has 1 aromatic heterocycles. The lowest BCUT2D eigenvalue weighted by Crippen LogP contribution is -2.29. The van der Waals surface area contributed by atoms with Crippen LogP contribution in [-0.4, -0.2) is 35.1 Å². The van der Waals surface area contributed by atoms with Gasteiger partial charge in [0.25, 0.3) is 5.22 Å². The number of rotatable bonds is 3. The van der Waals surface area contributed by atoms with Crippen LogP contribution < -0.4 is 0 Å². The van der Waals surface area contributed by atoms with E-state index < -0.39 is 0 Å². The molecule has 0 spiro atoms. The number of aryl methyl sites for hydroxylation is 2. The van der Waals surface area contributed by atoms with Crippen molar-refractivity contribution in [2.75, 3.05) is 14.1 Å². The summed E-state index contributed by atoms with van der Waals surface area (Å²) < 4.78 is 5.40. The highest BCUT2D eigenvalue weighted by molar-refractivity contribution is 8.00. The number of hydrogen-bond acceptors (Lipinski definition) is 4. The summed E-state index contributed by atoms with van der Waals surface area (Å²) in [4.78, 5) is 17.4. The van der Waals surface area contributed by atoms with Crippen LogP contribution in [0.5, 0.6) is 0 Å². The van der Waals surface area contributed by atoms with Gasteiger partial charge in [-0.3, -0.25) is 4.79 Å². The lowest BCUT2D eigenvalue weighted by molar-refractivity contribution is -0.127. The van der Waals surface area contributed by atoms with Gasteiger partial charge in [0.1, 0.15) is 5.76 Å². The smallest absolute Gasteiger partial charge is 0.256 e. The second kappa shape index (κ2) is 4.70. The van der Waals surface area contributed by atoms with E-state index in [0.717, 1.165) is 11.5 Å². The average Bonchev–Trinajstić information content (AvgIpc) is 2.44. The van der Waals surface area contributed by atoms with Crippen molar-refractivity contribution in [3.63, 3.8) is 0 Å². The molecule has 1 amide bonds. The number of carbonyl (C=O) groups is 1. The second-order valence-corrected chi connectivity index (χ2v) is 4.91. The van der Waals surface area contributed by atoms with Gasteiger partial charge in [0, 0.05) is 14.1 Å². The van der Waals surface area contributed by atoms with E-state index in [1.807, 2.05) is 20.8 Å². The standard InChI is InChI=1S/C10H16N2O2S/c1-6-7(2)14-10(11-6)15-8(3)9(13)12(4)5/h8H,1-5H3. The molecule has 1 atom stereocenters. The van der Waals surface area contributed by atoms with Crippen molar-refractivity contribution in [2.45, 2.75) is 31.2 Å². The number of oxazole rings is 1. The van der Waals surface area contributed by atoms with E-state index in [4.69, 9.17) is 4.42 Å². The summed E-state index contributed by atoms with van der Waals surface area (Å²) in [6, 6.07) is 0. The van der Waals surface area contributed by atoms with Crippen molar-refractivity contribution in [1.29, 1.82) is 0 Å². The number of thioether (sulfide) groups is 1. The number of aromatic nitrogens is 1. The van der Waals surface area contributed by atoms with Crippen LogP contribution in [0, 0.1) is 13.8 Å². The highest BCUT2D eigenvalue weighted by Gasteiger charge is 2.19. The Morgan fingerprint density at radius 1 is 1.47 bits per heavy atom. The number of carbonyl (C=O) groups excluding carboxylic acids is 1. The zero-order valence-corrected chi connectivity index (χ0v) is 10.5. The van der Waals surface area contributed by atoms with Crippen molar-refractivity contribution in [2.24, 2.45) is 0 Å². The number of amides is 1. The number of nitrogens with zero attached hydrogens (tertiary/aromatic N) is 2. The SMILES string of the molecule is Cc1nc(SC(C)C(=O)N(C)C)oc1C. The molecule has 5 heteroatoms. The summed E-state index contributed by atoms with van der Waals surface area (Å²) >= 11 is 1.35. The van der Waals surface area contributed by atoms with Gasteiger partial charge in [-0.1, -0.05) is 11.8 Å². The minimum atomic E-state index is -0.169. The molecular formula is C10H16N2O2S. The van der Waals surface area contributed by atoms with E-state index in [9.17, 15) is 4.79 Å². The predicted octanol–water partition coefficient (Wildman–Crippen LogP) is 1.86. The predicted molar refractivity (Wildman–Crippen MR) is 60.0 cm³/mol. The van der Waals surface area contributed by atoms with E-state index in [-0.39, 0.29) is 11.2 Å². The maximum Gasteiger partial charge on any atom is 0.256 e. The Balaban J connectivity index is 2.66. The largest absolute Gasteiger partial charge is 0.437 e. The topological polar surface area (TPSA) is 46.3 Å². The first kappa shape index (κ1) is 12.1. The van der Waals surface area contributed by atoms with Crippen molar-refractivity contribution in [3.8, 4) is 0 Å². The summed E-state index contributed by atoms with van der Waals surface area (Å²) in [6.07, 6.45) is 0. The molecule has 84 valence electrons. The Morgan fingerprint density at radius 2 is 2.07 bits per heavy atom. The first-order valence-electron chi connectivity index (χ1n) is 4.73. The summed E-state index contributed by atoms with van der Waals surface area (Å²) in [5.74, 6) is 0.871. The Bertz CT molecular complexity index is 341. The summed E-state index contributed by atoms with van der Waals surface area (Å²) in [6.45, 7) is 5.61. The first-order valence-corrected chi connectivity index (χ1v) is 5.61. The third-order valence-electron chi connectivity index (χ3n) is 2.08. The normalized spacial score (nSPS) is 12.6. The van der Waals surface area contributed by atoms with Crippen LogP contribution in [0.15, 0.2) is 9.64 Å². The molecule has 0 saturated heterocycles. The van der Waals surface area contributed by atoms with E-state index in [0.29, 0.717) is 5.22 Å². The highest BCUT2D eigenvalue weighted by atomic mass is 32.2. The zero-order chi connectivity index (χ0) is 11.6. The first-order chi connectivity index (χ1) is 6.91. The van der Waals surface area contributed by atoms with E-state index in [1.54, 1.807) is 19.0 Å². The minimum Gasteiger partial charge on any atom is -0.437 e. The molecule has 4 nitrogen and oxygen atoms in total. The van der Waals surface area contributed by atoms with Gasteiger partial charge >= 0.3 is 0 Å². The maximum atomic E-state index is 11.6. The average molecular weight is 228 g/mol. The Hall–Kier alpha value is -0.970. The third kappa shape index (κ3) is 2.99. The molecule has 0 fully saturated rings. The van der Waals surface area contributed by atoms with Gasteiger partial charge in [0.2, 0.25) is 5.91 Å². The number of hydrogen-bond donors (Lipinski definition) is 0. The molecular weight excluding hydrogens is 212 g/mol. The van der Waals surface area contributed by atoms with Crippen molar-refractivity contribution in [3.05, 3.63) is 11.5 Å². The lowest BCUT2D eigenvalue weighted by Gasteiger charge is -2.14. The van der Waals surface area contributed by atoms with Crippen LogP contribution in [-0.2, 0) is 4.79 Å². The molecule has 0 radical (unpaired) electrons. The lowest BCUT2D eigenvalue weighted by atomic mass is 10.4. The van der Waals surface area contributed by atoms with Gasteiger partial charge in [-0.15, -0.1) is 0 Å². The quantitative estimate of drug-likeness (QED) is 0.741. The molecule has 0 aliphatic rings. The molecule has 0 saturated carbocycles. The fourth-order valence-electron chi connectivity index (χ4n) is 1.06. The highest BCUT2D eigenvalue weighted by Crippen LogP contribution is 2.25. The molecule has 0 aromatic carbocycles. The molecule has 15 heavy (non-hydrogen) atoms. The minimum absolute atomic E-state index is 0.0634. The molecule has 0 aliphatic heterocycles. The maximum absolute atomic E-state index is 11.6. The van der Waals surface area contributed by atoms with Gasteiger partial charge in [-0.05, 0) is 20.8 Å². The fourth-order valence-corrected chi connectivity index (χ4v) is 2.04. The summed E-state index contributed by atoms with van der Waals surface area (Å²) in [7, 11) is 3.48. The van der Waals surface area contributed by atoms with Crippen LogP contribution in [0.3, 0.4) is 0 Å². The molecule has 1 heterocycles. The molecule has 1 unspecified atom stereocenters. The van der Waals surface area contributed by atoms with Gasteiger partial charge < -0.3 is 9.32 Å². The third-order valence-corrected chi connectivity index (χ3v) is 3.01. The zero-order valence-electron chi connectivity index (χ0n) is 9.70. The van der Waals surface area contributed by atoms with Crippen LogP contribution in [0.2, 0.25) is 0 Å². The van der Waals surface area contributed by atoms with Crippen LogP contribution in [0.25, 0.3) is 0 Å². The summed E-state index contributed by atoms with van der Waals surface area (Å²) in [5, 5.41) is 0.394. The van der Waals surface area contributed by atoms with Crippen molar-refractivity contribution < 1.29 is 9.21 Å². The van der Waals surface area contributed by atoms with Crippen LogP contribution >= 0.6 is 11.8 Å². The molecule has 0 bridgehead atoms. The van der Waals surface area contributed by atoms with Gasteiger partial charge in [-0.25, -0.2) is 4.98 Å². The van der Waals surface area contributed by atoms with Crippen LogP contribution in [0.1, 0.15) is 18.4 Å². The summed E-state index contributed by atoms with van der Waals surface area (Å²) in [5.41, 5.74) is 0.877. The monoisotopic (exact) mass is 228 g/mol. The fraction of sp³-hybridized carbons (Fsp3) is 0.600. The Labute approximate surface area is 94.0 Å². The molecule has 1 aromatic rings. The molecule has 1 rings (SSSR count). The van der Waals surface area contributed by atoms with Crippen LogP contribution in [0.4, 0.5) is 0 Å².